The van der Waals surface area contributed by atoms with E-state index in [0.717, 1.165) is 16.5 Å². The first-order valence-corrected chi connectivity index (χ1v) is 7.16. The van der Waals surface area contributed by atoms with E-state index in [9.17, 15) is 9.59 Å². The Morgan fingerprint density at radius 2 is 1.81 bits per heavy atom. The molecule has 1 aromatic heterocycles. The summed E-state index contributed by atoms with van der Waals surface area (Å²) in [5.74, 6) is -0.119. The summed E-state index contributed by atoms with van der Waals surface area (Å²) in [6, 6.07) is 7.74. The molecule has 3 heteroatoms. The van der Waals surface area contributed by atoms with Gasteiger partial charge in [0.15, 0.2) is 0 Å². The minimum Gasteiger partial charge on any atom is -0.299 e. The summed E-state index contributed by atoms with van der Waals surface area (Å²) in [4.78, 5) is 23.9. The Bertz CT molecular complexity index is 718. The highest BCUT2D eigenvalue weighted by molar-refractivity contribution is 5.97. The summed E-state index contributed by atoms with van der Waals surface area (Å²) in [7, 11) is 0. The summed E-state index contributed by atoms with van der Waals surface area (Å²) >= 11 is 0. The number of nitrogens with zero attached hydrogens (tertiary/aromatic N) is 1. The molecule has 1 aromatic carbocycles. The van der Waals surface area contributed by atoms with E-state index >= 15 is 0 Å². The van der Waals surface area contributed by atoms with Crippen LogP contribution in [-0.4, -0.2) is 16.3 Å². The number of carbonyl (C=O) groups excluding carboxylic acids is 2. The lowest BCUT2D eigenvalue weighted by molar-refractivity contribution is -0.118. The molecule has 1 heterocycles. The molecule has 0 saturated carbocycles. The van der Waals surface area contributed by atoms with E-state index in [-0.39, 0.29) is 17.6 Å². The molecule has 0 radical (unpaired) electrons. The standard InChI is InChI=1S/C18H21NO2/c1-12(2)9-10-15(13(3)20)17-11-19(14(4)21)18-8-6-5-7-16(17)18/h5-9,11,15H,10H2,1-4H3. The smallest absolute Gasteiger partial charge is 0.227 e. The highest BCUT2D eigenvalue weighted by Crippen LogP contribution is 2.31. The molecule has 3 nitrogen and oxygen atoms in total. The summed E-state index contributed by atoms with van der Waals surface area (Å²) in [5.41, 5.74) is 2.99. The number of ketones is 1. The van der Waals surface area contributed by atoms with Crippen LogP contribution >= 0.6 is 0 Å². The molecule has 0 N–H and O–H groups in total. The number of aromatic nitrogens is 1. The van der Waals surface area contributed by atoms with Gasteiger partial charge in [0.2, 0.25) is 5.91 Å². The predicted molar refractivity (Wildman–Crippen MR) is 85.7 cm³/mol. The number of benzene rings is 1. The van der Waals surface area contributed by atoms with Gasteiger partial charge in [0.1, 0.15) is 5.78 Å². The minimum atomic E-state index is -0.203. The van der Waals surface area contributed by atoms with Gasteiger partial charge in [-0.05, 0) is 38.8 Å². The van der Waals surface area contributed by atoms with E-state index in [1.807, 2.05) is 44.3 Å². The number of hydrogen-bond acceptors (Lipinski definition) is 2. The van der Waals surface area contributed by atoms with Crippen molar-refractivity contribution in [1.29, 1.82) is 0 Å². The predicted octanol–water partition coefficient (Wildman–Crippen LogP) is 4.33. The Balaban J connectivity index is 2.60. The van der Waals surface area contributed by atoms with Crippen LogP contribution in [0.1, 0.15) is 50.4 Å². The first-order chi connectivity index (χ1) is 9.91. The van der Waals surface area contributed by atoms with Crippen LogP contribution in [0.4, 0.5) is 0 Å². The van der Waals surface area contributed by atoms with Crippen LogP contribution < -0.4 is 0 Å². The summed E-state index contributed by atoms with van der Waals surface area (Å²) in [5, 5.41) is 0.982. The third kappa shape index (κ3) is 3.13. The van der Waals surface area contributed by atoms with Crippen LogP contribution in [0.5, 0.6) is 0 Å². The van der Waals surface area contributed by atoms with Crippen molar-refractivity contribution in [3.8, 4) is 0 Å². The van der Waals surface area contributed by atoms with Crippen molar-refractivity contribution in [1.82, 2.24) is 4.57 Å². The molecule has 0 aliphatic rings. The third-order valence-corrected chi connectivity index (χ3v) is 3.71. The van der Waals surface area contributed by atoms with Gasteiger partial charge in [-0.1, -0.05) is 29.8 Å². The van der Waals surface area contributed by atoms with Crippen molar-refractivity contribution in [3.63, 3.8) is 0 Å². The third-order valence-electron chi connectivity index (χ3n) is 3.71. The molecule has 21 heavy (non-hydrogen) atoms. The maximum absolute atomic E-state index is 12.1. The molecule has 0 fully saturated rings. The van der Waals surface area contributed by atoms with Crippen molar-refractivity contribution < 1.29 is 9.59 Å². The van der Waals surface area contributed by atoms with Gasteiger partial charge in [0, 0.05) is 24.4 Å². The molecular weight excluding hydrogens is 262 g/mol. The van der Waals surface area contributed by atoms with Crippen LogP contribution in [0.2, 0.25) is 0 Å². The minimum absolute atomic E-state index is 0.0398. The van der Waals surface area contributed by atoms with Crippen LogP contribution in [0.25, 0.3) is 10.9 Å². The first-order valence-electron chi connectivity index (χ1n) is 7.16. The second-order valence-electron chi connectivity index (χ2n) is 5.67. The van der Waals surface area contributed by atoms with E-state index in [1.54, 1.807) is 11.5 Å². The highest BCUT2D eigenvalue weighted by atomic mass is 16.1. The van der Waals surface area contributed by atoms with Crippen molar-refractivity contribution in [2.45, 2.75) is 40.0 Å². The second-order valence-corrected chi connectivity index (χ2v) is 5.67. The van der Waals surface area contributed by atoms with Gasteiger partial charge in [-0.2, -0.15) is 0 Å². The maximum Gasteiger partial charge on any atom is 0.227 e. The van der Waals surface area contributed by atoms with E-state index in [0.29, 0.717) is 6.42 Å². The lowest BCUT2D eigenvalue weighted by Gasteiger charge is -2.11. The molecule has 0 bridgehead atoms. The zero-order valence-corrected chi connectivity index (χ0v) is 13.0. The average molecular weight is 283 g/mol. The summed E-state index contributed by atoms with van der Waals surface area (Å²) in [6.07, 6.45) is 4.56. The molecule has 1 atom stereocenters. The average Bonchev–Trinajstić information content (AvgIpc) is 2.78. The number of para-hydroxylation sites is 1. The Morgan fingerprint density at radius 3 is 2.38 bits per heavy atom. The zero-order chi connectivity index (χ0) is 15.6. The molecule has 1 unspecified atom stereocenters. The van der Waals surface area contributed by atoms with Gasteiger partial charge in [-0.3, -0.25) is 14.2 Å². The van der Waals surface area contributed by atoms with Gasteiger partial charge in [0.25, 0.3) is 0 Å². The van der Waals surface area contributed by atoms with E-state index in [4.69, 9.17) is 0 Å². The van der Waals surface area contributed by atoms with Crippen LogP contribution in [-0.2, 0) is 4.79 Å². The number of rotatable bonds is 4. The van der Waals surface area contributed by atoms with Gasteiger partial charge in [-0.25, -0.2) is 0 Å². The van der Waals surface area contributed by atoms with Gasteiger partial charge < -0.3 is 0 Å². The number of Topliss-reactive ketones (excluding diaryl/α,β-unsaturated/α-hetero) is 1. The quantitative estimate of drug-likeness (QED) is 0.783. The fraction of sp³-hybridized carbons (Fsp3) is 0.333. The van der Waals surface area contributed by atoms with Gasteiger partial charge in [-0.15, -0.1) is 0 Å². The summed E-state index contributed by atoms with van der Waals surface area (Å²) in [6.45, 7) is 7.20. The number of allylic oxidation sites excluding steroid dienone is 2. The zero-order valence-electron chi connectivity index (χ0n) is 13.0. The molecule has 0 spiro atoms. The van der Waals surface area contributed by atoms with Crippen molar-refractivity contribution in [3.05, 3.63) is 47.7 Å². The largest absolute Gasteiger partial charge is 0.299 e. The van der Waals surface area contributed by atoms with Crippen LogP contribution in [0.15, 0.2) is 42.1 Å². The fourth-order valence-electron chi connectivity index (χ4n) is 2.61. The lowest BCUT2D eigenvalue weighted by Crippen LogP contribution is -2.08. The molecular formula is C18H21NO2. The fourth-order valence-corrected chi connectivity index (χ4v) is 2.61. The topological polar surface area (TPSA) is 39.1 Å². The molecule has 0 saturated heterocycles. The van der Waals surface area contributed by atoms with E-state index in [1.165, 1.54) is 12.5 Å². The highest BCUT2D eigenvalue weighted by Gasteiger charge is 2.21. The van der Waals surface area contributed by atoms with Gasteiger partial charge in [0.05, 0.1) is 5.52 Å². The van der Waals surface area contributed by atoms with Crippen molar-refractivity contribution in [2.24, 2.45) is 0 Å². The molecule has 2 aromatic rings. The Labute approximate surface area is 125 Å². The van der Waals surface area contributed by atoms with Crippen LogP contribution in [0.3, 0.4) is 0 Å². The van der Waals surface area contributed by atoms with Gasteiger partial charge >= 0.3 is 0 Å². The van der Waals surface area contributed by atoms with E-state index in [2.05, 4.69) is 6.08 Å². The Morgan fingerprint density at radius 1 is 1.14 bits per heavy atom. The summed E-state index contributed by atoms with van der Waals surface area (Å²) < 4.78 is 1.63. The molecule has 0 aliphatic carbocycles. The molecule has 0 aliphatic heterocycles. The maximum atomic E-state index is 12.1. The number of hydrogen-bond donors (Lipinski definition) is 0. The Hall–Kier alpha value is -2.16. The number of carbonyl (C=O) groups is 2. The number of fused-ring (bicyclic) bond motifs is 1. The van der Waals surface area contributed by atoms with Crippen LogP contribution in [0, 0.1) is 0 Å². The first kappa shape index (κ1) is 15.2. The second kappa shape index (κ2) is 6.08. The normalized spacial score (nSPS) is 12.2. The molecule has 0 amide bonds. The monoisotopic (exact) mass is 283 g/mol. The lowest BCUT2D eigenvalue weighted by atomic mass is 9.91. The SMILES string of the molecule is CC(=O)C(CC=C(C)C)c1cn(C(C)=O)c2ccccc12. The van der Waals surface area contributed by atoms with E-state index < -0.39 is 0 Å². The molecule has 2 rings (SSSR count). The Kier molecular flexibility index (Phi) is 4.41. The van der Waals surface area contributed by atoms with Crippen molar-refractivity contribution >= 4 is 22.6 Å². The molecule has 110 valence electrons. The van der Waals surface area contributed by atoms with Crippen molar-refractivity contribution in [2.75, 3.05) is 0 Å².